The Morgan fingerprint density at radius 1 is 0.889 bits per heavy atom. The first-order chi connectivity index (χ1) is 16.3. The van der Waals surface area contributed by atoms with Gasteiger partial charge in [0, 0.05) is 7.11 Å². The average molecular weight is 541 g/mol. The molecule has 1 heterocycles. The zero-order chi connectivity index (χ0) is 27.6. The zero-order valence-electron chi connectivity index (χ0n) is 25.1. The Bertz CT molecular complexity index is 814. The van der Waals surface area contributed by atoms with Gasteiger partial charge < -0.3 is 27.8 Å². The van der Waals surface area contributed by atoms with Gasteiger partial charge in [-0.1, -0.05) is 71.9 Å². The van der Waals surface area contributed by atoms with Crippen molar-refractivity contribution in [2.45, 2.75) is 122 Å². The summed E-state index contributed by atoms with van der Waals surface area (Å²) in [7, 11) is -2.59. The Morgan fingerprint density at radius 2 is 1.44 bits per heavy atom. The van der Waals surface area contributed by atoms with Crippen LogP contribution in [0.5, 0.6) is 0 Å². The molecule has 0 aliphatic carbocycles. The molecule has 0 spiro atoms. The van der Waals surface area contributed by atoms with E-state index in [1.54, 1.807) is 7.11 Å². The van der Waals surface area contributed by atoms with E-state index >= 15 is 0 Å². The van der Waals surface area contributed by atoms with Gasteiger partial charge in [0.1, 0.15) is 31.2 Å². The van der Waals surface area contributed by atoms with E-state index in [0.29, 0.717) is 6.61 Å². The standard InChI is InChI=1S/C28H52O6Si2/c1-26(2,3)35(10,11)31-19-22(30-20-29-9)24-25(34-36(12,13)27(4,5)6)23(32-28(7,8)33-24)21-17-15-14-16-18-21/h14-18,22-25H,19-20H2,1-13H3/t22-,23+,24+,25+/m0/s1. The molecule has 0 radical (unpaired) electrons. The number of hydrogen-bond donors (Lipinski definition) is 0. The summed E-state index contributed by atoms with van der Waals surface area (Å²) in [6.45, 7) is 27.0. The number of hydrogen-bond acceptors (Lipinski definition) is 6. The van der Waals surface area contributed by atoms with Crippen LogP contribution in [0.2, 0.25) is 36.3 Å². The summed E-state index contributed by atoms with van der Waals surface area (Å²) < 4.78 is 38.6. The van der Waals surface area contributed by atoms with Gasteiger partial charge in [0.15, 0.2) is 22.4 Å². The van der Waals surface area contributed by atoms with Crippen molar-refractivity contribution < 1.29 is 27.8 Å². The molecular weight excluding hydrogens is 488 g/mol. The molecule has 4 atom stereocenters. The molecule has 208 valence electrons. The Morgan fingerprint density at radius 3 is 1.94 bits per heavy atom. The lowest BCUT2D eigenvalue weighted by Crippen LogP contribution is -2.61. The maximum absolute atomic E-state index is 7.10. The van der Waals surface area contributed by atoms with Crippen molar-refractivity contribution in [1.29, 1.82) is 0 Å². The highest BCUT2D eigenvalue weighted by atomic mass is 28.4. The van der Waals surface area contributed by atoms with Crippen LogP contribution in [0, 0.1) is 0 Å². The minimum absolute atomic E-state index is 0.0201. The molecule has 1 aromatic carbocycles. The fourth-order valence-electron chi connectivity index (χ4n) is 3.70. The van der Waals surface area contributed by atoms with Crippen LogP contribution in [0.25, 0.3) is 0 Å². The van der Waals surface area contributed by atoms with Crippen LogP contribution in [0.1, 0.15) is 67.1 Å². The molecule has 0 unspecified atom stereocenters. The van der Waals surface area contributed by atoms with E-state index in [1.165, 1.54) is 0 Å². The number of benzene rings is 1. The molecular formula is C28H52O6Si2. The van der Waals surface area contributed by atoms with Crippen molar-refractivity contribution in [3.63, 3.8) is 0 Å². The van der Waals surface area contributed by atoms with Crippen LogP contribution >= 0.6 is 0 Å². The van der Waals surface area contributed by atoms with Crippen LogP contribution in [-0.2, 0) is 27.8 Å². The van der Waals surface area contributed by atoms with Crippen LogP contribution < -0.4 is 0 Å². The van der Waals surface area contributed by atoms with Crippen molar-refractivity contribution in [2.24, 2.45) is 0 Å². The normalized spacial score (nSPS) is 24.5. The van der Waals surface area contributed by atoms with Crippen molar-refractivity contribution >= 4 is 16.6 Å². The SMILES string of the molecule is COCO[C@@H](CO[Si](C)(C)C(C)(C)C)[C@H]1OC(C)(C)O[C@H](c2ccccc2)[C@H]1O[Si](C)(C)C(C)(C)C. The summed E-state index contributed by atoms with van der Waals surface area (Å²) in [5.74, 6) is -0.829. The maximum atomic E-state index is 7.10. The molecule has 1 aromatic rings. The van der Waals surface area contributed by atoms with Crippen molar-refractivity contribution in [1.82, 2.24) is 0 Å². The molecule has 1 aliphatic heterocycles. The van der Waals surface area contributed by atoms with Gasteiger partial charge in [0.25, 0.3) is 0 Å². The minimum Gasteiger partial charge on any atom is -0.414 e. The van der Waals surface area contributed by atoms with Gasteiger partial charge >= 0.3 is 0 Å². The first-order valence-corrected chi connectivity index (χ1v) is 19.0. The highest BCUT2D eigenvalue weighted by molar-refractivity contribution is 6.74. The third-order valence-corrected chi connectivity index (χ3v) is 17.0. The first-order valence-electron chi connectivity index (χ1n) is 13.1. The second kappa shape index (κ2) is 11.7. The van der Waals surface area contributed by atoms with E-state index in [-0.39, 0.29) is 35.2 Å². The lowest BCUT2D eigenvalue weighted by Gasteiger charge is -2.51. The van der Waals surface area contributed by atoms with Gasteiger partial charge in [-0.15, -0.1) is 0 Å². The molecule has 8 heteroatoms. The van der Waals surface area contributed by atoms with E-state index in [2.05, 4.69) is 79.9 Å². The topological polar surface area (TPSA) is 55.4 Å². The average Bonchev–Trinajstić information content (AvgIpc) is 2.73. The van der Waals surface area contributed by atoms with Crippen LogP contribution in [0.15, 0.2) is 30.3 Å². The van der Waals surface area contributed by atoms with Gasteiger partial charge in [0.2, 0.25) is 0 Å². The van der Waals surface area contributed by atoms with Crippen molar-refractivity contribution in [2.75, 3.05) is 20.5 Å². The molecule has 0 aromatic heterocycles. The first kappa shape index (κ1) is 31.6. The van der Waals surface area contributed by atoms with Crippen LogP contribution in [0.3, 0.4) is 0 Å². The molecule has 2 rings (SSSR count). The van der Waals surface area contributed by atoms with Gasteiger partial charge in [-0.3, -0.25) is 0 Å². The lowest BCUT2D eigenvalue weighted by atomic mass is 9.95. The summed E-state index contributed by atoms with van der Waals surface area (Å²) >= 11 is 0. The maximum Gasteiger partial charge on any atom is 0.192 e. The highest BCUT2D eigenvalue weighted by Gasteiger charge is 2.52. The van der Waals surface area contributed by atoms with Crippen LogP contribution in [0.4, 0.5) is 0 Å². The van der Waals surface area contributed by atoms with E-state index in [0.717, 1.165) is 5.56 Å². The fourth-order valence-corrected chi connectivity index (χ4v) is 6.01. The van der Waals surface area contributed by atoms with Gasteiger partial charge in [0.05, 0.1) is 6.61 Å². The minimum atomic E-state index is -2.20. The highest BCUT2D eigenvalue weighted by Crippen LogP contribution is 2.45. The molecule has 1 aliphatic rings. The van der Waals surface area contributed by atoms with Gasteiger partial charge in [-0.05, 0) is 55.7 Å². The van der Waals surface area contributed by atoms with Gasteiger partial charge in [-0.2, -0.15) is 0 Å². The molecule has 0 bridgehead atoms. The fraction of sp³-hybridized carbons (Fsp3) is 0.786. The summed E-state index contributed by atoms with van der Waals surface area (Å²) in [6.07, 6.45) is -1.47. The lowest BCUT2D eigenvalue weighted by molar-refractivity contribution is -0.351. The summed E-state index contributed by atoms with van der Waals surface area (Å²) in [6, 6.07) is 10.3. The number of rotatable bonds is 10. The van der Waals surface area contributed by atoms with E-state index in [9.17, 15) is 0 Å². The predicted octanol–water partition coefficient (Wildman–Crippen LogP) is 7.28. The molecule has 0 amide bonds. The predicted molar refractivity (Wildman–Crippen MR) is 151 cm³/mol. The molecule has 1 saturated heterocycles. The summed E-state index contributed by atoms with van der Waals surface area (Å²) in [5, 5.41) is 0.102. The molecule has 6 nitrogen and oxygen atoms in total. The largest absolute Gasteiger partial charge is 0.414 e. The molecule has 36 heavy (non-hydrogen) atoms. The quantitative estimate of drug-likeness (QED) is 0.230. The second-order valence-corrected chi connectivity index (χ2v) is 23.0. The Hall–Kier alpha value is -0.586. The second-order valence-electron chi connectivity index (χ2n) is 13.5. The monoisotopic (exact) mass is 540 g/mol. The Kier molecular flexibility index (Phi) is 10.2. The van der Waals surface area contributed by atoms with E-state index < -0.39 is 28.5 Å². The summed E-state index contributed by atoms with van der Waals surface area (Å²) in [5.41, 5.74) is 1.07. The smallest absolute Gasteiger partial charge is 0.192 e. The molecule has 0 saturated carbocycles. The van der Waals surface area contributed by atoms with Crippen molar-refractivity contribution in [3.8, 4) is 0 Å². The molecule has 0 N–H and O–H groups in total. The zero-order valence-corrected chi connectivity index (χ0v) is 27.1. The number of ether oxygens (including phenoxy) is 4. The van der Waals surface area contributed by atoms with E-state index in [4.69, 9.17) is 27.8 Å². The van der Waals surface area contributed by atoms with Crippen LogP contribution in [-0.4, -0.2) is 61.2 Å². The number of methoxy groups -OCH3 is 1. The summed E-state index contributed by atoms with van der Waals surface area (Å²) in [4.78, 5) is 0. The Balaban J connectivity index is 2.54. The van der Waals surface area contributed by atoms with Gasteiger partial charge in [-0.25, -0.2) is 0 Å². The third kappa shape index (κ3) is 7.96. The third-order valence-electron chi connectivity index (χ3n) is 8.00. The van der Waals surface area contributed by atoms with Crippen molar-refractivity contribution in [3.05, 3.63) is 35.9 Å². The van der Waals surface area contributed by atoms with E-state index in [1.807, 2.05) is 32.0 Å². The molecule has 1 fully saturated rings. The Labute approximate surface area is 222 Å².